The highest BCUT2D eigenvalue weighted by Crippen LogP contribution is 2.13. The van der Waals surface area contributed by atoms with Crippen LogP contribution in [0.3, 0.4) is 0 Å². The van der Waals surface area contributed by atoms with Gasteiger partial charge >= 0.3 is 17.9 Å². The van der Waals surface area contributed by atoms with E-state index < -0.39 is 23.7 Å². The minimum Gasteiger partial charge on any atom is -0.481 e. The van der Waals surface area contributed by atoms with Crippen LogP contribution in [0.4, 0.5) is 4.39 Å². The number of carboxylic acid groups (broad SMARTS) is 3. The van der Waals surface area contributed by atoms with E-state index in [2.05, 4.69) is 47.1 Å². The molecule has 0 aromatic heterocycles. The van der Waals surface area contributed by atoms with Crippen LogP contribution in [0.1, 0.15) is 131 Å². The van der Waals surface area contributed by atoms with Crippen LogP contribution in [0, 0.1) is 11.7 Å². The van der Waals surface area contributed by atoms with Crippen molar-refractivity contribution in [3.63, 3.8) is 0 Å². The molecule has 0 saturated carbocycles. The molecule has 2 rings (SSSR count). The van der Waals surface area contributed by atoms with Gasteiger partial charge in [0.25, 0.3) is 0 Å². The third-order valence-electron chi connectivity index (χ3n) is 7.77. The number of hydrogen-bond donors (Lipinski definition) is 6. The molecule has 14 nitrogen and oxygen atoms in total. The van der Waals surface area contributed by atoms with Gasteiger partial charge in [-0.05, 0) is 62.5 Å². The number of nitrogens with zero attached hydrogens (tertiary/aromatic N) is 4. The molecule has 304 valence electrons. The zero-order valence-corrected chi connectivity index (χ0v) is 33.5. The summed E-state index contributed by atoms with van der Waals surface area (Å²) in [6.07, 6.45) is 10.7. The van der Waals surface area contributed by atoms with Crippen LogP contribution in [-0.4, -0.2) is 99.9 Å². The molecule has 1 aliphatic heterocycles. The lowest BCUT2D eigenvalue weighted by molar-refractivity contribution is -0.139. The summed E-state index contributed by atoms with van der Waals surface area (Å²) in [5.74, 6) is -1.02. The van der Waals surface area contributed by atoms with Crippen molar-refractivity contribution in [2.24, 2.45) is 16.1 Å². The third kappa shape index (κ3) is 30.1. The molecule has 1 amide bonds. The van der Waals surface area contributed by atoms with Gasteiger partial charge in [-0.15, -0.1) is 0 Å². The molecule has 0 bridgehead atoms. The molecule has 0 radical (unpaired) electrons. The van der Waals surface area contributed by atoms with Gasteiger partial charge in [0.15, 0.2) is 5.84 Å². The Morgan fingerprint density at radius 1 is 0.755 bits per heavy atom. The standard InChI is InChI=1S/C22H34FN7O3.C10H22.2C3H6O2/c1-4-6-29(8-9-30(7-5-2)15-21(32)33)14-20(31)24-13-17-10-18(12-19(23)11-17)22-27-25-16(3)26-28-22;1-4-6-7-8-9-10(3)5-2;2*1-2-3(4)5/h10-12H,4-9,13-15H2,1-3H3,(H,24,31)(H,25,26)(H,27,28)(H,32,33);10H,4-9H2,1-3H3;2*2H2,1H3,(H,4,5). The van der Waals surface area contributed by atoms with E-state index in [1.165, 1.54) is 50.7 Å². The van der Waals surface area contributed by atoms with E-state index in [9.17, 15) is 23.6 Å². The largest absolute Gasteiger partial charge is 0.481 e. The number of hydrogen-bond acceptors (Lipinski definition) is 10. The number of halogens is 1. The second-order valence-electron chi connectivity index (χ2n) is 12.8. The maximum Gasteiger partial charge on any atom is 0.317 e. The molecule has 6 N–H and O–H groups in total. The Bertz CT molecular complexity index is 1230. The number of carbonyl (C=O) groups excluding carboxylic acids is 1. The number of aliphatic carboxylic acids is 3. The molecule has 1 atom stereocenters. The van der Waals surface area contributed by atoms with E-state index in [0.29, 0.717) is 42.4 Å². The average Bonchev–Trinajstić information content (AvgIpc) is 3.12. The molecular weight excluding hydrogens is 685 g/mol. The van der Waals surface area contributed by atoms with E-state index >= 15 is 0 Å². The maximum absolute atomic E-state index is 14.1. The Balaban J connectivity index is 0. The van der Waals surface area contributed by atoms with Crippen LogP contribution in [-0.2, 0) is 25.7 Å². The number of carbonyl (C=O) groups is 4. The highest BCUT2D eigenvalue weighted by atomic mass is 19.1. The summed E-state index contributed by atoms with van der Waals surface area (Å²) in [6.45, 7) is 18.8. The molecule has 1 unspecified atom stereocenters. The number of hydrazone groups is 2. The first-order valence-corrected chi connectivity index (χ1v) is 19.0. The average molecular weight is 754 g/mol. The summed E-state index contributed by atoms with van der Waals surface area (Å²) in [6, 6.07) is 4.45. The maximum atomic E-state index is 14.1. The predicted octanol–water partition coefficient (Wildman–Crippen LogP) is 6.10. The Morgan fingerprint density at radius 3 is 1.77 bits per heavy atom. The van der Waals surface area contributed by atoms with E-state index in [0.717, 1.165) is 25.3 Å². The van der Waals surface area contributed by atoms with Crippen LogP contribution < -0.4 is 16.2 Å². The van der Waals surface area contributed by atoms with Gasteiger partial charge in [0.2, 0.25) is 5.91 Å². The fourth-order valence-electron chi connectivity index (χ4n) is 4.57. The van der Waals surface area contributed by atoms with Crippen LogP contribution >= 0.6 is 0 Å². The predicted molar refractivity (Wildman–Crippen MR) is 209 cm³/mol. The third-order valence-corrected chi connectivity index (χ3v) is 7.77. The number of carboxylic acids is 3. The molecular formula is C38H68FN7O7. The van der Waals surface area contributed by atoms with E-state index in [1.807, 2.05) is 23.6 Å². The van der Waals surface area contributed by atoms with E-state index in [-0.39, 0.29) is 38.4 Å². The molecule has 0 spiro atoms. The van der Waals surface area contributed by atoms with Crippen molar-refractivity contribution in [3.05, 3.63) is 35.1 Å². The van der Waals surface area contributed by atoms with Gasteiger partial charge in [-0.2, -0.15) is 10.2 Å². The van der Waals surface area contributed by atoms with E-state index in [4.69, 9.17) is 15.3 Å². The minimum absolute atomic E-state index is 0.0115. The highest BCUT2D eigenvalue weighted by Gasteiger charge is 2.15. The summed E-state index contributed by atoms with van der Waals surface area (Å²) >= 11 is 0. The lowest BCUT2D eigenvalue weighted by Gasteiger charge is -2.26. The van der Waals surface area contributed by atoms with Crippen molar-refractivity contribution in [1.29, 1.82) is 0 Å². The van der Waals surface area contributed by atoms with Crippen molar-refractivity contribution in [2.45, 2.75) is 126 Å². The van der Waals surface area contributed by atoms with Gasteiger partial charge in [-0.1, -0.05) is 87.0 Å². The molecule has 0 aliphatic carbocycles. The molecule has 1 aliphatic rings. The molecule has 15 heteroatoms. The summed E-state index contributed by atoms with van der Waals surface area (Å²) in [5.41, 5.74) is 6.62. The summed E-state index contributed by atoms with van der Waals surface area (Å²) in [7, 11) is 0. The highest BCUT2D eigenvalue weighted by molar-refractivity contribution is 6.01. The van der Waals surface area contributed by atoms with Gasteiger partial charge in [0, 0.05) is 38.0 Å². The van der Waals surface area contributed by atoms with Gasteiger partial charge in [-0.25, -0.2) is 4.39 Å². The summed E-state index contributed by atoms with van der Waals surface area (Å²) < 4.78 is 14.1. The lowest BCUT2D eigenvalue weighted by atomic mass is 10.0. The molecule has 1 heterocycles. The second kappa shape index (κ2) is 32.5. The van der Waals surface area contributed by atoms with Crippen molar-refractivity contribution in [2.75, 3.05) is 39.3 Å². The number of rotatable bonds is 22. The van der Waals surface area contributed by atoms with Crippen LogP contribution in [0.5, 0.6) is 0 Å². The zero-order chi connectivity index (χ0) is 40.6. The SMILES string of the molecule is CCC(=O)O.CCC(=O)O.CCCCCCC(C)CC.CCCN(CCN(CCC)CC(=O)NCc1cc(F)cc(C2=NNC(C)=NN2)c1)CC(=O)O. The number of unbranched alkanes of at least 4 members (excludes halogenated alkanes) is 3. The van der Waals surface area contributed by atoms with Crippen molar-refractivity contribution < 1.29 is 38.9 Å². The fourth-order valence-corrected chi connectivity index (χ4v) is 4.57. The Hall–Kier alpha value is -4.11. The van der Waals surface area contributed by atoms with Crippen molar-refractivity contribution in [1.82, 2.24) is 26.0 Å². The first-order valence-electron chi connectivity index (χ1n) is 19.0. The van der Waals surface area contributed by atoms with Gasteiger partial charge in [0.05, 0.1) is 13.1 Å². The first-order chi connectivity index (χ1) is 25.1. The minimum atomic E-state index is -0.857. The van der Waals surface area contributed by atoms with Crippen LogP contribution in [0.25, 0.3) is 0 Å². The first kappa shape index (κ1) is 51.0. The van der Waals surface area contributed by atoms with Crippen molar-refractivity contribution >= 4 is 35.5 Å². The van der Waals surface area contributed by atoms with E-state index in [1.54, 1.807) is 26.8 Å². The van der Waals surface area contributed by atoms with Crippen LogP contribution in [0.2, 0.25) is 0 Å². The molecule has 1 aromatic carbocycles. The lowest BCUT2D eigenvalue weighted by Crippen LogP contribution is -2.42. The number of nitrogens with one attached hydrogen (secondary N) is 3. The Kier molecular flexibility index (Phi) is 31.3. The van der Waals surface area contributed by atoms with Crippen molar-refractivity contribution in [3.8, 4) is 0 Å². The molecule has 1 aromatic rings. The molecule has 0 saturated heterocycles. The number of amides is 1. The zero-order valence-electron chi connectivity index (χ0n) is 33.5. The number of benzene rings is 1. The molecule has 0 fully saturated rings. The fraction of sp³-hybridized carbons (Fsp3) is 0.684. The van der Waals surface area contributed by atoms with Crippen LogP contribution in [0.15, 0.2) is 28.4 Å². The summed E-state index contributed by atoms with van der Waals surface area (Å²) in [4.78, 5) is 46.2. The second-order valence-corrected chi connectivity index (χ2v) is 12.8. The quantitative estimate of drug-likeness (QED) is 0.0749. The normalized spacial score (nSPS) is 12.2. The Labute approximate surface area is 316 Å². The molecule has 53 heavy (non-hydrogen) atoms. The van der Waals surface area contributed by atoms with Gasteiger partial charge in [0.1, 0.15) is 11.7 Å². The van der Waals surface area contributed by atoms with Gasteiger partial charge in [-0.3, -0.25) is 39.8 Å². The number of amidine groups is 2. The van der Waals surface area contributed by atoms with Gasteiger partial charge < -0.3 is 20.6 Å². The Morgan fingerprint density at radius 2 is 1.32 bits per heavy atom. The monoisotopic (exact) mass is 754 g/mol. The smallest absolute Gasteiger partial charge is 0.317 e. The topological polar surface area (TPSA) is 196 Å². The summed E-state index contributed by atoms with van der Waals surface area (Å²) in [5, 5.41) is 35.5.